The van der Waals surface area contributed by atoms with E-state index in [4.69, 9.17) is 0 Å². The molecule has 0 amide bonds. The molecular formula is C7H12N8. The molecule has 0 aliphatic rings. The molecule has 2 heterocycles. The zero-order chi connectivity index (χ0) is 10.7. The Labute approximate surface area is 86.3 Å². The molecule has 0 saturated heterocycles. The molecule has 8 nitrogen and oxygen atoms in total. The van der Waals surface area contributed by atoms with Gasteiger partial charge in [0, 0.05) is 26.9 Å². The average molecular weight is 208 g/mol. The van der Waals surface area contributed by atoms with E-state index in [9.17, 15) is 0 Å². The zero-order valence-corrected chi connectivity index (χ0v) is 8.70. The third kappa shape index (κ3) is 2.14. The van der Waals surface area contributed by atoms with Crippen molar-refractivity contribution in [2.24, 2.45) is 14.1 Å². The molecule has 0 saturated carbocycles. The minimum absolute atomic E-state index is 0.830. The van der Waals surface area contributed by atoms with Crippen LogP contribution in [0.5, 0.6) is 0 Å². The lowest BCUT2D eigenvalue weighted by Crippen LogP contribution is -2.03. The Morgan fingerprint density at radius 2 is 1.33 bits per heavy atom. The van der Waals surface area contributed by atoms with Crippen molar-refractivity contribution < 1.29 is 0 Å². The summed E-state index contributed by atoms with van der Waals surface area (Å²) in [4.78, 5) is 0. The van der Waals surface area contributed by atoms with Gasteiger partial charge in [-0.25, -0.2) is 9.36 Å². The Bertz CT molecular complexity index is 389. The maximum Gasteiger partial charge on any atom is 0.150 e. The van der Waals surface area contributed by atoms with Crippen molar-refractivity contribution in [1.29, 1.82) is 0 Å². The second kappa shape index (κ2) is 4.11. The van der Waals surface area contributed by atoms with Gasteiger partial charge in [0.25, 0.3) is 0 Å². The van der Waals surface area contributed by atoms with Crippen LogP contribution in [0.25, 0.3) is 0 Å². The van der Waals surface area contributed by atoms with Crippen LogP contribution < -0.4 is 0 Å². The molecule has 15 heavy (non-hydrogen) atoms. The summed E-state index contributed by atoms with van der Waals surface area (Å²) in [5, 5.41) is 22.5. The van der Waals surface area contributed by atoms with Crippen LogP contribution in [-0.2, 0) is 26.9 Å². The third-order valence-corrected chi connectivity index (χ3v) is 2.22. The van der Waals surface area contributed by atoms with Gasteiger partial charge < -0.3 is 0 Å². The van der Waals surface area contributed by atoms with Crippen LogP contribution >= 0.6 is 0 Å². The van der Waals surface area contributed by atoms with Gasteiger partial charge in [0.05, 0.1) is 0 Å². The molecule has 0 fully saturated rings. The van der Waals surface area contributed by atoms with Crippen LogP contribution in [0.1, 0.15) is 18.1 Å². The van der Waals surface area contributed by atoms with Crippen molar-refractivity contribution in [2.45, 2.75) is 19.3 Å². The second-order valence-corrected chi connectivity index (χ2v) is 3.29. The maximum absolute atomic E-state index is 3.90. The molecule has 80 valence electrons. The van der Waals surface area contributed by atoms with Gasteiger partial charge in [0.1, 0.15) is 0 Å². The first-order chi connectivity index (χ1) is 7.27. The quantitative estimate of drug-likeness (QED) is 0.634. The van der Waals surface area contributed by atoms with Gasteiger partial charge in [-0.15, -0.1) is 10.2 Å². The Balaban J connectivity index is 1.86. The van der Waals surface area contributed by atoms with Crippen LogP contribution in [0.2, 0.25) is 0 Å². The highest BCUT2D eigenvalue weighted by molar-refractivity contribution is 4.84. The van der Waals surface area contributed by atoms with Gasteiger partial charge in [-0.2, -0.15) is 0 Å². The van der Waals surface area contributed by atoms with E-state index in [0.717, 1.165) is 30.9 Å². The van der Waals surface area contributed by atoms with Gasteiger partial charge in [-0.3, -0.25) is 0 Å². The topological polar surface area (TPSA) is 87.2 Å². The highest BCUT2D eigenvalue weighted by Crippen LogP contribution is 2.00. The first-order valence-electron chi connectivity index (χ1n) is 4.70. The number of hydrogen-bond donors (Lipinski definition) is 0. The van der Waals surface area contributed by atoms with E-state index in [1.165, 1.54) is 0 Å². The van der Waals surface area contributed by atoms with Crippen LogP contribution in [0.4, 0.5) is 0 Å². The lowest BCUT2D eigenvalue weighted by atomic mass is 10.2. The molecule has 2 aromatic heterocycles. The monoisotopic (exact) mass is 208 g/mol. The molecule has 2 rings (SSSR count). The van der Waals surface area contributed by atoms with Gasteiger partial charge in [0.2, 0.25) is 0 Å². The van der Waals surface area contributed by atoms with Crippen LogP contribution in [0, 0.1) is 0 Å². The first kappa shape index (κ1) is 9.69. The summed E-state index contributed by atoms with van der Waals surface area (Å²) in [6.07, 6.45) is 2.59. The lowest BCUT2D eigenvalue weighted by Gasteiger charge is -1.98. The summed E-state index contributed by atoms with van der Waals surface area (Å²) in [5.41, 5.74) is 0. The summed E-state index contributed by atoms with van der Waals surface area (Å²) in [6.45, 7) is 0. The maximum atomic E-state index is 3.90. The number of aryl methyl sites for hydroxylation is 4. The molecule has 8 heteroatoms. The highest BCUT2D eigenvalue weighted by Gasteiger charge is 2.05. The van der Waals surface area contributed by atoms with Crippen LogP contribution in [0.3, 0.4) is 0 Å². The summed E-state index contributed by atoms with van der Waals surface area (Å²) >= 11 is 0. The number of tetrazole rings is 2. The smallest absolute Gasteiger partial charge is 0.150 e. The van der Waals surface area contributed by atoms with Gasteiger partial charge >= 0.3 is 0 Å². The first-order valence-corrected chi connectivity index (χ1v) is 4.70. The number of aromatic nitrogens is 8. The molecule has 0 aliphatic carbocycles. The van der Waals surface area contributed by atoms with E-state index in [1.807, 2.05) is 14.1 Å². The minimum atomic E-state index is 0.830. The fourth-order valence-corrected chi connectivity index (χ4v) is 1.32. The highest BCUT2D eigenvalue weighted by atomic mass is 15.5. The molecule has 0 radical (unpaired) electrons. The normalized spacial score (nSPS) is 10.8. The molecular weight excluding hydrogens is 196 g/mol. The van der Waals surface area contributed by atoms with E-state index in [1.54, 1.807) is 9.36 Å². The van der Waals surface area contributed by atoms with E-state index in [0.29, 0.717) is 0 Å². The average Bonchev–Trinajstić information content (AvgIpc) is 2.78. The van der Waals surface area contributed by atoms with E-state index >= 15 is 0 Å². The fourth-order valence-electron chi connectivity index (χ4n) is 1.32. The SMILES string of the molecule is Cn1nnnc1CCCc1nnnn1C. The summed E-state index contributed by atoms with van der Waals surface area (Å²) in [5.74, 6) is 1.76. The Hall–Kier alpha value is -1.86. The molecule has 0 N–H and O–H groups in total. The molecule has 0 atom stereocenters. The largest absolute Gasteiger partial charge is 0.233 e. The fraction of sp³-hybridized carbons (Fsp3) is 0.714. The number of nitrogens with zero attached hydrogens (tertiary/aromatic N) is 8. The molecule has 0 aliphatic heterocycles. The van der Waals surface area contributed by atoms with Gasteiger partial charge in [0.15, 0.2) is 11.6 Å². The van der Waals surface area contributed by atoms with Crippen molar-refractivity contribution in [1.82, 2.24) is 40.4 Å². The molecule has 0 aromatic carbocycles. The molecule has 0 spiro atoms. The summed E-state index contributed by atoms with van der Waals surface area (Å²) in [6, 6.07) is 0. The third-order valence-electron chi connectivity index (χ3n) is 2.22. The molecule has 2 aromatic rings. The van der Waals surface area contributed by atoms with Crippen molar-refractivity contribution in [2.75, 3.05) is 0 Å². The number of hydrogen-bond acceptors (Lipinski definition) is 6. The summed E-state index contributed by atoms with van der Waals surface area (Å²) in [7, 11) is 3.67. The molecule has 0 unspecified atom stereocenters. The van der Waals surface area contributed by atoms with Gasteiger partial charge in [-0.05, 0) is 27.3 Å². The van der Waals surface area contributed by atoms with Crippen LogP contribution in [-0.4, -0.2) is 40.4 Å². The Morgan fingerprint density at radius 1 is 0.867 bits per heavy atom. The van der Waals surface area contributed by atoms with Crippen molar-refractivity contribution >= 4 is 0 Å². The van der Waals surface area contributed by atoms with E-state index in [-0.39, 0.29) is 0 Å². The predicted molar refractivity (Wildman–Crippen MR) is 49.6 cm³/mol. The predicted octanol–water partition coefficient (Wildman–Crippen LogP) is -1.09. The standard InChI is InChI=1S/C7H12N8/c1-14-6(8-10-12-14)4-3-5-7-9-11-13-15(7)2/h3-5H2,1-2H3. The zero-order valence-electron chi connectivity index (χ0n) is 8.70. The van der Waals surface area contributed by atoms with E-state index < -0.39 is 0 Å². The van der Waals surface area contributed by atoms with E-state index in [2.05, 4.69) is 31.1 Å². The van der Waals surface area contributed by atoms with Crippen molar-refractivity contribution in [3.05, 3.63) is 11.6 Å². The second-order valence-electron chi connectivity index (χ2n) is 3.29. The Morgan fingerprint density at radius 3 is 1.67 bits per heavy atom. The van der Waals surface area contributed by atoms with Crippen molar-refractivity contribution in [3.63, 3.8) is 0 Å². The summed E-state index contributed by atoms with van der Waals surface area (Å²) < 4.78 is 3.35. The van der Waals surface area contributed by atoms with Crippen molar-refractivity contribution in [3.8, 4) is 0 Å². The Kier molecular flexibility index (Phi) is 2.66. The lowest BCUT2D eigenvalue weighted by molar-refractivity contribution is 0.630. The number of rotatable bonds is 4. The van der Waals surface area contributed by atoms with Gasteiger partial charge in [-0.1, -0.05) is 0 Å². The van der Waals surface area contributed by atoms with Crippen LogP contribution in [0.15, 0.2) is 0 Å². The molecule has 0 bridgehead atoms. The minimum Gasteiger partial charge on any atom is -0.233 e.